The summed E-state index contributed by atoms with van der Waals surface area (Å²) in [6.45, 7) is 1.28. The SMILES string of the molecule is C1CCC2C[C@H](CC1)C1CCNC3CC[C@@H](N[C@H]31)C1CCCC2CC1. The second-order valence-corrected chi connectivity index (χ2v) is 10.3. The first kappa shape index (κ1) is 17.0. The molecule has 0 radical (unpaired) electrons. The standard InChI is InChI=1S/C23H40N2/c1-2-5-18-15-19(6-3-1)20-13-14-24-22-12-11-21(25-23(20)22)17-8-4-7-16(18)9-10-17/h16-25H,1-15H2/t16?,17?,18?,19-,20?,21+,22?,23-/m0/s1. The predicted octanol–water partition coefficient (Wildman–Crippen LogP) is 4.88. The van der Waals surface area contributed by atoms with Gasteiger partial charge in [-0.25, -0.2) is 0 Å². The van der Waals surface area contributed by atoms with Gasteiger partial charge < -0.3 is 10.6 Å². The molecule has 3 saturated heterocycles. The van der Waals surface area contributed by atoms with E-state index in [4.69, 9.17) is 0 Å². The maximum atomic E-state index is 4.28. The smallest absolute Gasteiger partial charge is 0.0255 e. The second kappa shape index (κ2) is 7.50. The molecule has 2 saturated carbocycles. The van der Waals surface area contributed by atoms with Crippen molar-refractivity contribution in [2.24, 2.45) is 29.6 Å². The zero-order chi connectivity index (χ0) is 16.6. The Morgan fingerprint density at radius 1 is 0.520 bits per heavy atom. The van der Waals surface area contributed by atoms with E-state index >= 15 is 0 Å². The molecular weight excluding hydrogens is 304 g/mol. The Balaban J connectivity index is 1.48. The van der Waals surface area contributed by atoms with Gasteiger partial charge in [0.05, 0.1) is 0 Å². The zero-order valence-corrected chi connectivity index (χ0v) is 16.2. The van der Waals surface area contributed by atoms with E-state index in [1.807, 2.05) is 0 Å². The number of hydrogen-bond donors (Lipinski definition) is 2. The van der Waals surface area contributed by atoms with Gasteiger partial charge in [0.25, 0.3) is 0 Å². The van der Waals surface area contributed by atoms with E-state index in [0.717, 1.165) is 47.7 Å². The van der Waals surface area contributed by atoms with Crippen molar-refractivity contribution < 1.29 is 0 Å². The first-order valence-corrected chi connectivity index (χ1v) is 11.9. The highest BCUT2D eigenvalue weighted by atomic mass is 15.1. The van der Waals surface area contributed by atoms with Gasteiger partial charge in [-0.2, -0.15) is 0 Å². The van der Waals surface area contributed by atoms with Gasteiger partial charge >= 0.3 is 0 Å². The van der Waals surface area contributed by atoms with E-state index in [2.05, 4.69) is 10.6 Å². The van der Waals surface area contributed by atoms with Gasteiger partial charge in [0.15, 0.2) is 0 Å². The van der Waals surface area contributed by atoms with Crippen molar-refractivity contribution in [3.05, 3.63) is 0 Å². The molecule has 3 heterocycles. The van der Waals surface area contributed by atoms with E-state index in [-0.39, 0.29) is 0 Å². The molecule has 8 atom stereocenters. The fraction of sp³-hybridized carbons (Fsp3) is 1.00. The lowest BCUT2D eigenvalue weighted by Gasteiger charge is -2.50. The Morgan fingerprint density at radius 2 is 1.28 bits per heavy atom. The highest BCUT2D eigenvalue weighted by Crippen LogP contribution is 2.46. The number of piperidine rings is 2. The van der Waals surface area contributed by atoms with Crippen LogP contribution in [0.1, 0.15) is 89.9 Å². The molecule has 6 bridgehead atoms. The molecule has 2 N–H and O–H groups in total. The van der Waals surface area contributed by atoms with Gasteiger partial charge in [-0.1, -0.05) is 44.9 Å². The van der Waals surface area contributed by atoms with Crippen LogP contribution >= 0.6 is 0 Å². The summed E-state index contributed by atoms with van der Waals surface area (Å²) in [5.74, 6) is 5.10. The first-order chi connectivity index (χ1) is 12.4. The molecule has 25 heavy (non-hydrogen) atoms. The Kier molecular flexibility index (Phi) is 5.12. The Bertz CT molecular complexity index is 449. The molecule has 0 aromatic rings. The molecule has 2 aliphatic carbocycles. The van der Waals surface area contributed by atoms with Gasteiger partial charge in [-0.15, -0.1) is 0 Å². The highest BCUT2D eigenvalue weighted by molar-refractivity contribution is 5.02. The average Bonchev–Trinajstić information content (AvgIpc) is 2.87. The van der Waals surface area contributed by atoms with Crippen LogP contribution in [0.2, 0.25) is 0 Å². The lowest BCUT2D eigenvalue weighted by molar-refractivity contribution is 0.0715. The molecule has 0 amide bonds. The minimum absolute atomic E-state index is 0.777. The average molecular weight is 345 g/mol. The zero-order valence-electron chi connectivity index (χ0n) is 16.2. The topological polar surface area (TPSA) is 24.1 Å². The van der Waals surface area contributed by atoms with Gasteiger partial charge in [0.1, 0.15) is 0 Å². The molecular formula is C23H40N2. The van der Waals surface area contributed by atoms with Crippen molar-refractivity contribution in [1.29, 1.82) is 0 Å². The van der Waals surface area contributed by atoms with Crippen LogP contribution in [0.3, 0.4) is 0 Å². The number of rotatable bonds is 0. The maximum absolute atomic E-state index is 4.28. The number of nitrogens with one attached hydrogen (secondary N) is 2. The maximum Gasteiger partial charge on any atom is 0.0255 e. The molecule has 5 unspecified atom stereocenters. The highest BCUT2D eigenvalue weighted by Gasteiger charge is 2.44. The van der Waals surface area contributed by atoms with E-state index < -0.39 is 0 Å². The van der Waals surface area contributed by atoms with Crippen LogP contribution in [-0.2, 0) is 0 Å². The van der Waals surface area contributed by atoms with E-state index in [1.54, 1.807) is 25.7 Å². The van der Waals surface area contributed by atoms with Crippen LogP contribution in [0.25, 0.3) is 0 Å². The van der Waals surface area contributed by atoms with Crippen LogP contribution in [0.5, 0.6) is 0 Å². The summed E-state index contributed by atoms with van der Waals surface area (Å²) in [6.07, 6.45) is 21.2. The summed E-state index contributed by atoms with van der Waals surface area (Å²) in [6, 6.07) is 2.40. The molecule has 0 aromatic carbocycles. The van der Waals surface area contributed by atoms with Crippen molar-refractivity contribution in [3.8, 4) is 0 Å². The summed E-state index contributed by atoms with van der Waals surface area (Å²) >= 11 is 0. The molecule has 142 valence electrons. The van der Waals surface area contributed by atoms with Crippen molar-refractivity contribution >= 4 is 0 Å². The van der Waals surface area contributed by atoms with Crippen molar-refractivity contribution in [2.45, 2.75) is 108 Å². The van der Waals surface area contributed by atoms with Crippen molar-refractivity contribution in [1.82, 2.24) is 10.6 Å². The monoisotopic (exact) mass is 344 g/mol. The van der Waals surface area contributed by atoms with Gasteiger partial charge in [0.2, 0.25) is 0 Å². The molecule has 2 nitrogen and oxygen atoms in total. The summed E-state index contributed by atoms with van der Waals surface area (Å²) in [7, 11) is 0. The molecule has 3 aliphatic heterocycles. The van der Waals surface area contributed by atoms with Crippen LogP contribution < -0.4 is 10.6 Å². The Hall–Kier alpha value is -0.0800. The third-order valence-corrected chi connectivity index (χ3v) is 9.13. The second-order valence-electron chi connectivity index (χ2n) is 10.3. The predicted molar refractivity (Wildman–Crippen MR) is 105 cm³/mol. The Morgan fingerprint density at radius 3 is 2.24 bits per heavy atom. The van der Waals surface area contributed by atoms with Crippen LogP contribution in [-0.4, -0.2) is 24.7 Å². The van der Waals surface area contributed by atoms with Gasteiger partial charge in [-0.05, 0) is 81.1 Å². The first-order valence-electron chi connectivity index (χ1n) is 11.9. The van der Waals surface area contributed by atoms with Gasteiger partial charge in [-0.3, -0.25) is 0 Å². The molecule has 0 spiro atoms. The fourth-order valence-corrected chi connectivity index (χ4v) is 7.82. The third-order valence-electron chi connectivity index (χ3n) is 9.13. The quantitative estimate of drug-likeness (QED) is 0.654. The molecule has 0 aromatic heterocycles. The molecule has 5 fully saturated rings. The number of hydrogen-bond acceptors (Lipinski definition) is 2. The van der Waals surface area contributed by atoms with Crippen LogP contribution in [0.4, 0.5) is 0 Å². The number of fused-ring (bicyclic) bond motifs is 9. The van der Waals surface area contributed by atoms with Crippen LogP contribution in [0.15, 0.2) is 0 Å². The summed E-state index contributed by atoms with van der Waals surface area (Å²) in [4.78, 5) is 0. The van der Waals surface area contributed by atoms with Crippen LogP contribution in [0, 0.1) is 29.6 Å². The molecule has 5 rings (SSSR count). The summed E-state index contributed by atoms with van der Waals surface area (Å²) < 4.78 is 0. The minimum atomic E-state index is 0.777. The summed E-state index contributed by atoms with van der Waals surface area (Å²) in [5.41, 5.74) is 0. The summed E-state index contributed by atoms with van der Waals surface area (Å²) in [5, 5.41) is 8.18. The van der Waals surface area contributed by atoms with Crippen molar-refractivity contribution in [2.75, 3.05) is 6.54 Å². The Labute approximate surface area is 155 Å². The molecule has 5 aliphatic rings. The third kappa shape index (κ3) is 3.43. The largest absolute Gasteiger partial charge is 0.312 e. The van der Waals surface area contributed by atoms with E-state index in [1.165, 1.54) is 70.8 Å². The van der Waals surface area contributed by atoms with Gasteiger partial charge in [0, 0.05) is 18.1 Å². The normalized spacial score (nSPS) is 50.9. The van der Waals surface area contributed by atoms with E-state index in [0.29, 0.717) is 0 Å². The lowest BCUT2D eigenvalue weighted by atomic mass is 9.67. The van der Waals surface area contributed by atoms with E-state index in [9.17, 15) is 0 Å². The van der Waals surface area contributed by atoms with Crippen molar-refractivity contribution in [3.63, 3.8) is 0 Å². The molecule has 2 heteroatoms. The fourth-order valence-electron chi connectivity index (χ4n) is 7.82. The lowest BCUT2D eigenvalue weighted by Crippen LogP contribution is -2.64. The minimum Gasteiger partial charge on any atom is -0.312 e.